The Kier molecular flexibility index (Phi) is 3.92. The zero-order valence-electron chi connectivity index (χ0n) is 13.2. The molecule has 0 saturated carbocycles. The van der Waals surface area contributed by atoms with Crippen molar-refractivity contribution in [3.05, 3.63) is 10.6 Å². The number of carbonyl (C=O) groups excluding carboxylic acids is 2. The average Bonchev–Trinajstić information content (AvgIpc) is 2.62. The molecule has 0 unspecified atom stereocenters. The standard InChI is InChI=1S/C15H20N2O5S/c1-6-11-10(7(2)18)14(20)17(11)12(15(21)22)13(6)23-9-4-16(5-9)8(3)19/h6-7,9-11,18H,4-5H2,1-3H3,(H,21,22)/t6-,7-,10-,11-/m1/s1. The molecule has 4 atom stereocenters. The summed E-state index contributed by atoms with van der Waals surface area (Å²) in [5.41, 5.74) is 0.0516. The Morgan fingerprint density at radius 1 is 1.35 bits per heavy atom. The van der Waals surface area contributed by atoms with Crippen molar-refractivity contribution in [3.8, 4) is 0 Å². The first-order valence-electron chi connectivity index (χ1n) is 7.64. The van der Waals surface area contributed by atoms with Crippen LogP contribution in [0.15, 0.2) is 10.6 Å². The van der Waals surface area contributed by atoms with Gasteiger partial charge in [-0.3, -0.25) is 9.59 Å². The fourth-order valence-corrected chi connectivity index (χ4v) is 5.15. The van der Waals surface area contributed by atoms with E-state index in [4.69, 9.17) is 0 Å². The first-order chi connectivity index (χ1) is 10.7. The number of hydrogen-bond acceptors (Lipinski definition) is 5. The fourth-order valence-electron chi connectivity index (χ4n) is 3.63. The second kappa shape index (κ2) is 5.52. The van der Waals surface area contributed by atoms with E-state index in [1.54, 1.807) is 11.8 Å². The van der Waals surface area contributed by atoms with E-state index in [0.29, 0.717) is 18.0 Å². The van der Waals surface area contributed by atoms with Crippen LogP contribution in [0.4, 0.5) is 0 Å². The molecule has 0 radical (unpaired) electrons. The van der Waals surface area contributed by atoms with Gasteiger partial charge in [-0.2, -0.15) is 0 Å². The minimum Gasteiger partial charge on any atom is -0.477 e. The maximum atomic E-state index is 12.2. The van der Waals surface area contributed by atoms with Crippen molar-refractivity contribution in [1.82, 2.24) is 9.80 Å². The maximum absolute atomic E-state index is 12.2. The van der Waals surface area contributed by atoms with Crippen molar-refractivity contribution in [2.45, 2.75) is 38.2 Å². The highest BCUT2D eigenvalue weighted by atomic mass is 32.2. The van der Waals surface area contributed by atoms with Crippen LogP contribution in [-0.2, 0) is 14.4 Å². The maximum Gasteiger partial charge on any atom is 0.353 e. The number of amides is 2. The summed E-state index contributed by atoms with van der Waals surface area (Å²) in [6.07, 6.45) is -0.789. The van der Waals surface area contributed by atoms with Gasteiger partial charge in [0.15, 0.2) is 0 Å². The number of aliphatic hydroxyl groups is 1. The molecular formula is C15H20N2O5S. The van der Waals surface area contributed by atoms with Crippen molar-refractivity contribution in [2.75, 3.05) is 13.1 Å². The molecule has 8 heteroatoms. The molecular weight excluding hydrogens is 320 g/mol. The van der Waals surface area contributed by atoms with Gasteiger partial charge in [0.2, 0.25) is 11.8 Å². The SMILES string of the molecule is CC(=O)N1CC(SC2=C(C(=O)O)N3C(=O)[C@H]([C@@H](C)O)[C@H]3[C@H]2C)C1. The Bertz CT molecular complexity index is 611. The molecule has 7 nitrogen and oxygen atoms in total. The van der Waals surface area contributed by atoms with E-state index in [2.05, 4.69) is 0 Å². The number of hydrogen-bond donors (Lipinski definition) is 2. The summed E-state index contributed by atoms with van der Waals surface area (Å²) in [5.74, 6) is -2.06. The van der Waals surface area contributed by atoms with Crippen LogP contribution in [0.25, 0.3) is 0 Å². The first-order valence-corrected chi connectivity index (χ1v) is 8.52. The summed E-state index contributed by atoms with van der Waals surface area (Å²) in [7, 11) is 0. The monoisotopic (exact) mass is 340 g/mol. The molecule has 0 aromatic rings. The Labute approximate surface area is 138 Å². The fraction of sp³-hybridized carbons (Fsp3) is 0.667. The smallest absolute Gasteiger partial charge is 0.353 e. The number of aliphatic carboxylic acids is 1. The lowest BCUT2D eigenvalue weighted by atomic mass is 9.79. The number of rotatable bonds is 4. The van der Waals surface area contributed by atoms with E-state index in [0.717, 1.165) is 0 Å². The van der Waals surface area contributed by atoms with Crippen molar-refractivity contribution < 1.29 is 24.6 Å². The van der Waals surface area contributed by atoms with Gasteiger partial charge >= 0.3 is 5.97 Å². The first kappa shape index (κ1) is 16.3. The van der Waals surface area contributed by atoms with E-state index in [-0.39, 0.29) is 34.7 Å². The summed E-state index contributed by atoms with van der Waals surface area (Å²) in [5, 5.41) is 19.5. The normalized spacial score (nSPS) is 31.7. The van der Waals surface area contributed by atoms with Crippen molar-refractivity contribution in [3.63, 3.8) is 0 Å². The highest BCUT2D eigenvalue weighted by Gasteiger charge is 2.60. The predicted octanol–water partition coefficient (Wildman–Crippen LogP) is 0.104. The second-order valence-corrected chi connectivity index (χ2v) is 7.78. The van der Waals surface area contributed by atoms with Crippen LogP contribution in [0.3, 0.4) is 0 Å². The molecule has 0 aromatic carbocycles. The molecule has 3 heterocycles. The lowest BCUT2D eigenvalue weighted by Gasteiger charge is -2.46. The molecule has 2 amide bonds. The third kappa shape index (κ3) is 2.35. The van der Waals surface area contributed by atoms with Gasteiger partial charge in [-0.05, 0) is 6.92 Å². The number of fused-ring (bicyclic) bond motifs is 1. The van der Waals surface area contributed by atoms with Gasteiger partial charge in [-0.25, -0.2) is 4.79 Å². The number of thioether (sulfide) groups is 1. The minimum atomic E-state index is -1.11. The quantitative estimate of drug-likeness (QED) is 0.705. The zero-order valence-corrected chi connectivity index (χ0v) is 14.0. The average molecular weight is 340 g/mol. The van der Waals surface area contributed by atoms with Crippen LogP contribution in [0, 0.1) is 11.8 Å². The Morgan fingerprint density at radius 2 is 1.96 bits per heavy atom. The summed E-state index contributed by atoms with van der Waals surface area (Å²) >= 11 is 1.45. The summed E-state index contributed by atoms with van der Waals surface area (Å²) < 4.78 is 0. The molecule has 3 aliphatic heterocycles. The Hall–Kier alpha value is -1.54. The largest absolute Gasteiger partial charge is 0.477 e. The molecule has 2 fully saturated rings. The zero-order chi connectivity index (χ0) is 17.0. The van der Waals surface area contributed by atoms with Crippen LogP contribution in [0.5, 0.6) is 0 Å². The van der Waals surface area contributed by atoms with Crippen LogP contribution in [-0.4, -0.2) is 68.3 Å². The van der Waals surface area contributed by atoms with Gasteiger partial charge in [0.1, 0.15) is 5.70 Å². The van der Waals surface area contributed by atoms with E-state index in [9.17, 15) is 24.6 Å². The molecule has 23 heavy (non-hydrogen) atoms. The molecule has 0 aliphatic carbocycles. The molecule has 0 bridgehead atoms. The van der Waals surface area contributed by atoms with Gasteiger partial charge in [-0.15, -0.1) is 11.8 Å². The molecule has 3 aliphatic rings. The molecule has 126 valence electrons. The van der Waals surface area contributed by atoms with E-state index >= 15 is 0 Å². The summed E-state index contributed by atoms with van der Waals surface area (Å²) in [6.45, 7) is 6.18. The number of likely N-dealkylation sites (tertiary alicyclic amines) is 1. The van der Waals surface area contributed by atoms with Crippen LogP contribution in [0.1, 0.15) is 20.8 Å². The second-order valence-electron chi connectivity index (χ2n) is 6.44. The number of carboxylic acids is 1. The number of nitrogens with zero attached hydrogens (tertiary/aromatic N) is 2. The molecule has 3 rings (SSSR count). The topological polar surface area (TPSA) is 98.2 Å². The predicted molar refractivity (Wildman–Crippen MR) is 83.3 cm³/mol. The minimum absolute atomic E-state index is 0.0157. The lowest BCUT2D eigenvalue weighted by Crippen LogP contribution is -2.63. The molecule has 2 N–H and O–H groups in total. The highest BCUT2D eigenvalue weighted by molar-refractivity contribution is 8.03. The van der Waals surface area contributed by atoms with Gasteiger partial charge in [0, 0.05) is 36.1 Å². The van der Waals surface area contributed by atoms with Crippen molar-refractivity contribution in [2.24, 2.45) is 11.8 Å². The number of aliphatic hydroxyl groups excluding tert-OH is 1. The van der Waals surface area contributed by atoms with Crippen LogP contribution in [0.2, 0.25) is 0 Å². The van der Waals surface area contributed by atoms with Gasteiger partial charge in [0.05, 0.1) is 18.1 Å². The summed E-state index contributed by atoms with van der Waals surface area (Å²) in [6, 6.07) is -0.278. The number of β-lactam (4-membered cyclic amide) rings is 1. The van der Waals surface area contributed by atoms with Crippen molar-refractivity contribution in [1.29, 1.82) is 0 Å². The Balaban J connectivity index is 1.80. The van der Waals surface area contributed by atoms with Gasteiger partial charge in [0.25, 0.3) is 0 Å². The van der Waals surface area contributed by atoms with E-state index < -0.39 is 18.0 Å². The van der Waals surface area contributed by atoms with Gasteiger partial charge < -0.3 is 20.0 Å². The third-order valence-corrected chi connectivity index (χ3v) is 6.35. The Morgan fingerprint density at radius 3 is 2.43 bits per heavy atom. The molecule has 2 saturated heterocycles. The summed E-state index contributed by atoms with van der Waals surface area (Å²) in [4.78, 5) is 38.8. The van der Waals surface area contributed by atoms with Gasteiger partial charge in [-0.1, -0.05) is 6.92 Å². The van der Waals surface area contributed by atoms with Crippen molar-refractivity contribution >= 4 is 29.5 Å². The molecule has 0 aromatic heterocycles. The third-order valence-electron chi connectivity index (χ3n) is 4.90. The number of carbonyl (C=O) groups is 3. The van der Waals surface area contributed by atoms with E-state index in [1.165, 1.54) is 23.6 Å². The van der Waals surface area contributed by atoms with E-state index in [1.807, 2.05) is 6.92 Å². The highest BCUT2D eigenvalue weighted by Crippen LogP contribution is 2.51. The molecule has 0 spiro atoms. The number of carboxylic acid groups (broad SMARTS) is 1. The van der Waals surface area contributed by atoms with Crippen LogP contribution < -0.4 is 0 Å². The lowest BCUT2D eigenvalue weighted by molar-refractivity contribution is -0.163. The van der Waals surface area contributed by atoms with Crippen LogP contribution >= 0.6 is 11.8 Å².